The summed E-state index contributed by atoms with van der Waals surface area (Å²) in [6, 6.07) is 8.71. The fraction of sp³-hybridized carbons (Fsp3) is 0.500. The van der Waals surface area contributed by atoms with Crippen molar-refractivity contribution in [2.24, 2.45) is 11.7 Å². The van der Waals surface area contributed by atoms with Gasteiger partial charge in [0.1, 0.15) is 0 Å². The number of aromatic amines is 1. The molecular weight excluding hydrogens is 326 g/mol. The van der Waals surface area contributed by atoms with E-state index >= 15 is 0 Å². The van der Waals surface area contributed by atoms with E-state index in [1.807, 2.05) is 0 Å². The van der Waals surface area contributed by atoms with E-state index in [1.165, 1.54) is 22.0 Å². The number of nitrogens with one attached hydrogen (secondary N) is 1. The molecule has 6 nitrogen and oxygen atoms in total. The van der Waals surface area contributed by atoms with Gasteiger partial charge in [-0.25, -0.2) is 4.79 Å². The first-order chi connectivity index (χ1) is 12.6. The maximum atomic E-state index is 11.7. The number of piperidine rings is 1. The average Bonchev–Trinajstić information content (AvgIpc) is 3.04. The highest BCUT2D eigenvalue weighted by molar-refractivity contribution is 5.88. The van der Waals surface area contributed by atoms with Crippen molar-refractivity contribution in [1.82, 2.24) is 14.8 Å². The quantitative estimate of drug-likeness (QED) is 0.886. The van der Waals surface area contributed by atoms with E-state index in [0.717, 1.165) is 19.4 Å². The Balaban J connectivity index is 1.59. The van der Waals surface area contributed by atoms with Gasteiger partial charge in [-0.15, -0.1) is 0 Å². The predicted molar refractivity (Wildman–Crippen MR) is 101 cm³/mol. The van der Waals surface area contributed by atoms with Crippen LogP contribution < -0.4 is 5.73 Å². The summed E-state index contributed by atoms with van der Waals surface area (Å²) in [5.74, 6) is 0.833. The van der Waals surface area contributed by atoms with E-state index in [4.69, 9.17) is 11.0 Å². The first-order valence-electron chi connectivity index (χ1n) is 9.29. The third-order valence-electron chi connectivity index (χ3n) is 6.10. The fourth-order valence-electron chi connectivity index (χ4n) is 4.97. The number of nitriles is 1. The molecule has 2 aliphatic rings. The van der Waals surface area contributed by atoms with Gasteiger partial charge in [0.25, 0.3) is 0 Å². The molecule has 26 heavy (non-hydrogen) atoms. The Labute approximate surface area is 153 Å². The van der Waals surface area contributed by atoms with Gasteiger partial charge in [0.05, 0.1) is 12.5 Å². The van der Waals surface area contributed by atoms with Gasteiger partial charge < -0.3 is 20.5 Å². The predicted octanol–water partition coefficient (Wildman–Crippen LogP) is 2.42. The minimum atomic E-state index is -0.427. The van der Waals surface area contributed by atoms with Gasteiger partial charge in [0.15, 0.2) is 0 Å². The van der Waals surface area contributed by atoms with Crippen LogP contribution in [0.5, 0.6) is 0 Å². The lowest BCUT2D eigenvalue weighted by Crippen LogP contribution is -2.51. The molecule has 0 saturated carbocycles. The third-order valence-corrected chi connectivity index (χ3v) is 6.10. The molecule has 0 spiro atoms. The molecule has 1 aromatic heterocycles. The molecule has 1 aliphatic heterocycles. The largest absolute Gasteiger partial charge is 0.361 e. The van der Waals surface area contributed by atoms with E-state index in [2.05, 4.69) is 47.4 Å². The van der Waals surface area contributed by atoms with Crippen LogP contribution in [0.25, 0.3) is 10.9 Å². The average molecular weight is 351 g/mol. The molecule has 0 bridgehead atoms. The number of aromatic nitrogens is 1. The first kappa shape index (κ1) is 16.9. The summed E-state index contributed by atoms with van der Waals surface area (Å²) >= 11 is 0. The highest BCUT2D eigenvalue weighted by Gasteiger charge is 2.39. The number of hydrogen-bond donors (Lipinski definition) is 2. The SMILES string of the molecule is CN1C[C@H](CN(CCC#N)C(N)=O)CC2c3cccc4[nH]cc(c34)C[C@H]21. The van der Waals surface area contributed by atoms with Gasteiger partial charge in [-0.05, 0) is 43.0 Å². The maximum absolute atomic E-state index is 11.7. The Morgan fingerprint density at radius 3 is 3.12 bits per heavy atom. The van der Waals surface area contributed by atoms with Crippen molar-refractivity contribution in [3.05, 3.63) is 35.5 Å². The molecule has 1 aromatic carbocycles. The number of carbonyl (C=O) groups excluding carboxylic acids is 1. The molecule has 3 atom stereocenters. The molecule has 2 heterocycles. The zero-order chi connectivity index (χ0) is 18.3. The number of rotatable bonds is 4. The Morgan fingerprint density at radius 1 is 1.50 bits per heavy atom. The van der Waals surface area contributed by atoms with Crippen LogP contribution in [0, 0.1) is 17.2 Å². The lowest BCUT2D eigenvalue weighted by Gasteiger charge is -2.46. The first-order valence-corrected chi connectivity index (χ1v) is 9.29. The standard InChI is InChI=1S/C20H25N5O/c1-24-11-13(12-25(20(22)26)7-3-6-21)8-16-15-4-2-5-17-19(15)14(10-23-17)9-18(16)24/h2,4-5,10,13,16,18,23H,3,7-9,11-12H2,1H3,(H2,22,26)/t13-,16?,18-/m1/s1. The number of carbonyl (C=O) groups is 1. The number of nitrogens with two attached hydrogens (primary N) is 1. The highest BCUT2D eigenvalue weighted by atomic mass is 16.2. The molecule has 136 valence electrons. The van der Waals surface area contributed by atoms with E-state index < -0.39 is 6.03 Å². The highest BCUT2D eigenvalue weighted by Crippen LogP contribution is 2.44. The van der Waals surface area contributed by atoms with Crippen molar-refractivity contribution in [1.29, 1.82) is 5.26 Å². The van der Waals surface area contributed by atoms with Gasteiger partial charge in [0, 0.05) is 48.7 Å². The van der Waals surface area contributed by atoms with Crippen LogP contribution in [0.1, 0.15) is 29.9 Å². The van der Waals surface area contributed by atoms with E-state index in [1.54, 1.807) is 4.90 Å². The topological polar surface area (TPSA) is 89.2 Å². The molecule has 6 heteroatoms. The third kappa shape index (κ3) is 2.82. The molecule has 2 aromatic rings. The Kier molecular flexibility index (Phi) is 4.33. The molecular formula is C20H25N5O. The van der Waals surface area contributed by atoms with E-state index in [9.17, 15) is 4.79 Å². The summed E-state index contributed by atoms with van der Waals surface area (Å²) in [6.45, 7) is 1.99. The minimum Gasteiger partial charge on any atom is -0.361 e. The van der Waals surface area contributed by atoms with Gasteiger partial charge in [0.2, 0.25) is 0 Å². The number of likely N-dealkylation sites (tertiary alicyclic amines) is 1. The van der Waals surface area contributed by atoms with Crippen LogP contribution in [-0.4, -0.2) is 53.5 Å². The van der Waals surface area contributed by atoms with Gasteiger partial charge in [-0.3, -0.25) is 0 Å². The van der Waals surface area contributed by atoms with Crippen molar-refractivity contribution in [2.45, 2.75) is 31.2 Å². The molecule has 1 unspecified atom stereocenters. The van der Waals surface area contributed by atoms with Crippen molar-refractivity contribution >= 4 is 16.9 Å². The Bertz CT molecular complexity index is 867. The summed E-state index contributed by atoms with van der Waals surface area (Å²) < 4.78 is 0. The van der Waals surface area contributed by atoms with Crippen molar-refractivity contribution in [2.75, 3.05) is 26.7 Å². The van der Waals surface area contributed by atoms with Crippen LogP contribution in [-0.2, 0) is 6.42 Å². The molecule has 1 aliphatic carbocycles. The number of benzene rings is 1. The number of primary amides is 1. The summed E-state index contributed by atoms with van der Waals surface area (Å²) in [5, 5.41) is 10.2. The fourth-order valence-corrected chi connectivity index (χ4v) is 4.97. The summed E-state index contributed by atoms with van der Waals surface area (Å²) in [5.41, 5.74) is 9.59. The Hall–Kier alpha value is -2.52. The summed E-state index contributed by atoms with van der Waals surface area (Å²) in [7, 11) is 2.19. The normalized spacial score (nSPS) is 24.8. The number of nitrogens with zero attached hydrogens (tertiary/aromatic N) is 3. The second-order valence-corrected chi connectivity index (χ2v) is 7.70. The number of amides is 2. The molecule has 1 saturated heterocycles. The van der Waals surface area contributed by atoms with Crippen molar-refractivity contribution in [3.8, 4) is 6.07 Å². The minimum absolute atomic E-state index is 0.323. The van der Waals surface area contributed by atoms with E-state index in [-0.39, 0.29) is 0 Å². The summed E-state index contributed by atoms with van der Waals surface area (Å²) in [6.07, 6.45) is 4.60. The van der Waals surface area contributed by atoms with Crippen molar-refractivity contribution < 1.29 is 4.79 Å². The second kappa shape index (κ2) is 6.65. The number of hydrogen-bond acceptors (Lipinski definition) is 3. The number of fused-ring (bicyclic) bond motifs is 2. The monoisotopic (exact) mass is 351 g/mol. The second-order valence-electron chi connectivity index (χ2n) is 7.70. The van der Waals surface area contributed by atoms with Gasteiger partial charge >= 0.3 is 6.03 Å². The smallest absolute Gasteiger partial charge is 0.314 e. The molecule has 0 radical (unpaired) electrons. The maximum Gasteiger partial charge on any atom is 0.314 e. The zero-order valence-corrected chi connectivity index (χ0v) is 15.1. The number of urea groups is 1. The summed E-state index contributed by atoms with van der Waals surface area (Å²) in [4.78, 5) is 19.2. The van der Waals surface area contributed by atoms with Crippen LogP contribution in [0.3, 0.4) is 0 Å². The molecule has 3 N–H and O–H groups in total. The lowest BCUT2D eigenvalue weighted by atomic mass is 9.72. The molecule has 2 amide bonds. The van der Waals surface area contributed by atoms with E-state index in [0.29, 0.717) is 37.4 Å². The lowest BCUT2D eigenvalue weighted by molar-refractivity contribution is 0.0941. The number of H-pyrrole nitrogens is 1. The van der Waals surface area contributed by atoms with Crippen LogP contribution in [0.15, 0.2) is 24.4 Å². The Morgan fingerprint density at radius 2 is 2.35 bits per heavy atom. The van der Waals surface area contributed by atoms with Crippen LogP contribution in [0.4, 0.5) is 4.79 Å². The molecule has 4 rings (SSSR count). The number of likely N-dealkylation sites (N-methyl/N-ethyl adjacent to an activating group) is 1. The van der Waals surface area contributed by atoms with Crippen molar-refractivity contribution in [3.63, 3.8) is 0 Å². The molecule has 1 fully saturated rings. The van der Waals surface area contributed by atoms with Gasteiger partial charge in [-0.1, -0.05) is 12.1 Å². The van der Waals surface area contributed by atoms with Gasteiger partial charge in [-0.2, -0.15) is 5.26 Å². The van der Waals surface area contributed by atoms with Crippen LogP contribution >= 0.6 is 0 Å². The van der Waals surface area contributed by atoms with Crippen LogP contribution in [0.2, 0.25) is 0 Å². The zero-order valence-electron chi connectivity index (χ0n) is 15.1.